The van der Waals surface area contributed by atoms with Gasteiger partial charge in [0.15, 0.2) is 0 Å². The topological polar surface area (TPSA) is 72.4 Å². The Hall–Kier alpha value is -4.76. The summed E-state index contributed by atoms with van der Waals surface area (Å²) in [4.78, 5) is 25.5. The molecular weight excluding hydrogens is 628 g/mol. The van der Waals surface area contributed by atoms with Crippen molar-refractivity contribution in [3.05, 3.63) is 136 Å². The lowest BCUT2D eigenvalue weighted by Crippen LogP contribution is -2.27. The van der Waals surface area contributed by atoms with E-state index < -0.39 is 11.6 Å². The number of halogens is 3. The van der Waals surface area contributed by atoms with Gasteiger partial charge in [-0.2, -0.15) is 0 Å². The number of benzene rings is 4. The molecule has 0 spiro atoms. The zero-order valence-corrected chi connectivity index (χ0v) is 25.9. The average Bonchev–Trinajstić information content (AvgIpc) is 3.38. The molecule has 0 radical (unpaired) electrons. The lowest BCUT2D eigenvalue weighted by atomic mass is 10.1. The van der Waals surface area contributed by atoms with Crippen LogP contribution in [0.5, 0.6) is 5.75 Å². The third kappa shape index (κ3) is 7.06. The fourth-order valence-electron chi connectivity index (χ4n) is 4.97. The van der Waals surface area contributed by atoms with Crippen molar-refractivity contribution < 1.29 is 23.1 Å². The number of ether oxygens (including phenoxy) is 1. The van der Waals surface area contributed by atoms with Gasteiger partial charge in [0, 0.05) is 51.2 Å². The highest BCUT2D eigenvalue weighted by atomic mass is 79.9. The summed E-state index contributed by atoms with van der Waals surface area (Å²) >= 11 is 3.54. The van der Waals surface area contributed by atoms with Crippen molar-refractivity contribution in [3.63, 3.8) is 0 Å². The second-order valence-electron chi connectivity index (χ2n) is 10.4. The summed E-state index contributed by atoms with van der Waals surface area (Å²) in [7, 11) is 0. The number of aryl methyl sites for hydroxylation is 1. The number of anilines is 1. The zero-order chi connectivity index (χ0) is 31.4. The number of hydrogen-bond acceptors (Lipinski definition) is 3. The SMILES string of the molecule is CC(=O)Nc1cc(C(=O)N[C@@H](C)c2ccccc2)cc(-n2c(C)ccc2-c2cc(Br)ccc2OCc2ccc(F)cc2F)c1. The van der Waals surface area contributed by atoms with Crippen LogP contribution >= 0.6 is 15.9 Å². The summed E-state index contributed by atoms with van der Waals surface area (Å²) < 4.78 is 36.6. The van der Waals surface area contributed by atoms with E-state index in [1.54, 1.807) is 24.3 Å². The number of rotatable bonds is 9. The Labute approximate surface area is 262 Å². The molecule has 1 atom stereocenters. The number of aromatic nitrogens is 1. The van der Waals surface area contributed by atoms with Crippen LogP contribution < -0.4 is 15.4 Å². The molecule has 6 nitrogen and oxygen atoms in total. The minimum atomic E-state index is -0.690. The molecule has 5 rings (SSSR count). The maximum atomic E-state index is 14.3. The van der Waals surface area contributed by atoms with Gasteiger partial charge in [-0.25, -0.2) is 8.78 Å². The van der Waals surface area contributed by atoms with Crippen LogP contribution in [-0.4, -0.2) is 16.4 Å². The van der Waals surface area contributed by atoms with Crippen LogP contribution in [0.3, 0.4) is 0 Å². The Balaban J connectivity index is 1.54. The molecule has 0 saturated carbocycles. The lowest BCUT2D eigenvalue weighted by molar-refractivity contribution is -0.114. The molecular formula is C35H30BrF2N3O3. The summed E-state index contributed by atoms with van der Waals surface area (Å²) in [6.07, 6.45) is 0. The molecule has 5 aromatic rings. The first-order chi connectivity index (χ1) is 21.1. The number of carbonyl (C=O) groups excluding carboxylic acids is 2. The second-order valence-corrected chi connectivity index (χ2v) is 11.3. The van der Waals surface area contributed by atoms with Crippen LogP contribution in [0.1, 0.15) is 47.1 Å². The van der Waals surface area contributed by atoms with Crippen molar-refractivity contribution in [1.29, 1.82) is 0 Å². The van der Waals surface area contributed by atoms with Gasteiger partial charge in [-0.1, -0.05) is 46.3 Å². The summed E-state index contributed by atoms with van der Waals surface area (Å²) in [5.41, 5.74) is 4.95. The van der Waals surface area contributed by atoms with Gasteiger partial charge < -0.3 is 19.9 Å². The van der Waals surface area contributed by atoms with E-state index in [4.69, 9.17) is 4.74 Å². The smallest absolute Gasteiger partial charge is 0.251 e. The first-order valence-electron chi connectivity index (χ1n) is 13.9. The predicted molar refractivity (Wildman–Crippen MR) is 171 cm³/mol. The highest BCUT2D eigenvalue weighted by molar-refractivity contribution is 9.10. The first-order valence-corrected chi connectivity index (χ1v) is 14.7. The Morgan fingerprint density at radius 3 is 2.43 bits per heavy atom. The van der Waals surface area contributed by atoms with Crippen LogP contribution in [0.4, 0.5) is 14.5 Å². The molecule has 0 bridgehead atoms. The van der Waals surface area contributed by atoms with E-state index in [0.717, 1.165) is 27.5 Å². The van der Waals surface area contributed by atoms with Crippen molar-refractivity contribution >= 4 is 33.4 Å². The first kappa shape index (κ1) is 30.7. The molecule has 0 aliphatic rings. The minimum Gasteiger partial charge on any atom is -0.488 e. The van der Waals surface area contributed by atoms with Gasteiger partial charge in [-0.05, 0) is 80.1 Å². The van der Waals surface area contributed by atoms with Crippen molar-refractivity contribution in [2.45, 2.75) is 33.4 Å². The number of nitrogens with one attached hydrogen (secondary N) is 2. The van der Waals surface area contributed by atoms with Gasteiger partial charge >= 0.3 is 0 Å². The predicted octanol–water partition coefficient (Wildman–Crippen LogP) is 8.52. The highest BCUT2D eigenvalue weighted by Crippen LogP contribution is 2.37. The van der Waals surface area contributed by atoms with E-state index in [2.05, 4.69) is 26.6 Å². The molecule has 9 heteroatoms. The van der Waals surface area contributed by atoms with Crippen LogP contribution in [0.25, 0.3) is 16.9 Å². The molecule has 1 aromatic heterocycles. The standard InChI is InChI=1S/C35H30BrF2N3O3/c1-21-9-13-33(31-17-27(36)11-14-34(31)44-20-25-10-12-28(37)18-32(25)38)41(21)30-16-26(15-29(19-30)40-23(3)42)35(43)39-22(2)24-7-5-4-6-8-24/h4-19,22H,20H2,1-3H3,(H,39,43)(H,40,42)/t22-/m0/s1. The fraction of sp³-hybridized carbons (Fsp3) is 0.143. The van der Waals surface area contributed by atoms with Crippen molar-refractivity contribution in [1.82, 2.24) is 9.88 Å². The number of hydrogen-bond donors (Lipinski definition) is 2. The molecule has 44 heavy (non-hydrogen) atoms. The normalized spacial score (nSPS) is 11.6. The van der Waals surface area contributed by atoms with E-state index in [1.165, 1.54) is 19.1 Å². The molecule has 0 saturated heterocycles. The zero-order valence-electron chi connectivity index (χ0n) is 24.3. The van der Waals surface area contributed by atoms with E-state index in [1.807, 2.05) is 73.0 Å². The van der Waals surface area contributed by atoms with Crippen LogP contribution in [0, 0.1) is 18.6 Å². The summed E-state index contributed by atoms with van der Waals surface area (Å²) in [5, 5.41) is 5.85. The second kappa shape index (κ2) is 13.3. The summed E-state index contributed by atoms with van der Waals surface area (Å²) in [5.74, 6) is -1.44. The van der Waals surface area contributed by atoms with E-state index in [9.17, 15) is 18.4 Å². The molecule has 2 N–H and O–H groups in total. The molecule has 224 valence electrons. The molecule has 2 amide bonds. The molecule has 0 unspecified atom stereocenters. The number of amides is 2. The maximum absolute atomic E-state index is 14.3. The van der Waals surface area contributed by atoms with Crippen molar-refractivity contribution in [2.75, 3.05) is 5.32 Å². The molecule has 0 fully saturated rings. The van der Waals surface area contributed by atoms with Gasteiger partial charge in [-0.15, -0.1) is 0 Å². The minimum absolute atomic E-state index is 0.109. The third-order valence-electron chi connectivity index (χ3n) is 7.10. The van der Waals surface area contributed by atoms with Crippen molar-refractivity contribution in [3.8, 4) is 22.7 Å². The van der Waals surface area contributed by atoms with E-state index in [0.29, 0.717) is 28.3 Å². The van der Waals surface area contributed by atoms with Crippen LogP contribution in [0.15, 0.2) is 102 Å². The van der Waals surface area contributed by atoms with Crippen LogP contribution in [-0.2, 0) is 11.4 Å². The summed E-state index contributed by atoms with van der Waals surface area (Å²) in [6, 6.07) is 27.3. The maximum Gasteiger partial charge on any atom is 0.251 e. The van der Waals surface area contributed by atoms with Gasteiger partial charge in [0.1, 0.15) is 24.0 Å². The third-order valence-corrected chi connectivity index (χ3v) is 7.59. The Morgan fingerprint density at radius 1 is 0.932 bits per heavy atom. The van der Waals surface area contributed by atoms with Gasteiger partial charge in [0.25, 0.3) is 5.91 Å². The fourth-order valence-corrected chi connectivity index (χ4v) is 5.33. The Kier molecular flexibility index (Phi) is 9.25. The largest absolute Gasteiger partial charge is 0.488 e. The van der Waals surface area contributed by atoms with E-state index >= 15 is 0 Å². The molecule has 1 heterocycles. The Bertz CT molecular complexity index is 1840. The van der Waals surface area contributed by atoms with E-state index in [-0.39, 0.29) is 30.0 Å². The van der Waals surface area contributed by atoms with Crippen molar-refractivity contribution in [2.24, 2.45) is 0 Å². The number of nitrogens with zero attached hydrogens (tertiary/aromatic N) is 1. The molecule has 0 aliphatic carbocycles. The molecule has 4 aromatic carbocycles. The van der Waals surface area contributed by atoms with Gasteiger partial charge in [0.05, 0.1) is 11.7 Å². The number of carbonyl (C=O) groups is 2. The monoisotopic (exact) mass is 657 g/mol. The highest BCUT2D eigenvalue weighted by Gasteiger charge is 2.19. The molecule has 0 aliphatic heterocycles. The Morgan fingerprint density at radius 2 is 1.70 bits per heavy atom. The van der Waals surface area contributed by atoms with Gasteiger partial charge in [-0.3, -0.25) is 9.59 Å². The van der Waals surface area contributed by atoms with Gasteiger partial charge in [0.2, 0.25) is 5.91 Å². The summed E-state index contributed by atoms with van der Waals surface area (Å²) in [6.45, 7) is 5.14. The van der Waals surface area contributed by atoms with Crippen LogP contribution in [0.2, 0.25) is 0 Å². The quantitative estimate of drug-likeness (QED) is 0.167. The lowest BCUT2D eigenvalue weighted by Gasteiger charge is -2.19. The average molecular weight is 659 g/mol.